The van der Waals surface area contributed by atoms with E-state index in [9.17, 15) is 0 Å². The standard InChI is InChI=1S/C55H41N3/c1-55(2)49-26-14-15-27-53(49)58-52-34-31-40(35-47(52)48-36-45(37-50(55)54(48)58)56(41-19-6-3-7-20-41)42-21-8-4-9-22-42)38-29-32-44(33-30-38)57(43-23-10-5-11-24-43)51-28-16-18-39-17-12-13-25-46(39)51/h3-37H,1-2H3. The summed E-state index contributed by atoms with van der Waals surface area (Å²) in [5.74, 6) is 0. The number of nitrogens with zero attached hydrogens (tertiary/aromatic N) is 3. The number of hydrogen-bond acceptors (Lipinski definition) is 2. The first kappa shape index (κ1) is 33.9. The quantitative estimate of drug-likeness (QED) is 0.161. The summed E-state index contributed by atoms with van der Waals surface area (Å²) >= 11 is 0. The largest absolute Gasteiger partial charge is 0.310 e. The van der Waals surface area contributed by atoms with Gasteiger partial charge in [0.2, 0.25) is 0 Å². The molecule has 1 aliphatic heterocycles. The molecule has 0 aliphatic carbocycles. The molecule has 1 aromatic heterocycles. The molecule has 3 heteroatoms. The Hall–Kier alpha value is -7.36. The van der Waals surface area contributed by atoms with Crippen LogP contribution in [0.15, 0.2) is 212 Å². The fourth-order valence-electron chi connectivity index (χ4n) is 9.32. The van der Waals surface area contributed by atoms with Gasteiger partial charge in [-0.25, -0.2) is 0 Å². The molecule has 0 radical (unpaired) electrons. The van der Waals surface area contributed by atoms with Gasteiger partial charge in [-0.05, 0) is 113 Å². The molecular weight excluding hydrogens is 703 g/mol. The zero-order chi connectivity index (χ0) is 38.8. The summed E-state index contributed by atoms with van der Waals surface area (Å²) in [7, 11) is 0. The van der Waals surface area contributed by atoms with Crippen molar-refractivity contribution in [2.24, 2.45) is 0 Å². The Bertz CT molecular complexity index is 3080. The van der Waals surface area contributed by atoms with Gasteiger partial charge in [0.1, 0.15) is 0 Å². The highest BCUT2D eigenvalue weighted by Crippen LogP contribution is 2.51. The van der Waals surface area contributed by atoms with Crippen molar-refractivity contribution >= 4 is 66.7 Å². The average molecular weight is 744 g/mol. The van der Waals surface area contributed by atoms with E-state index in [2.05, 4.69) is 241 Å². The molecule has 0 saturated carbocycles. The maximum atomic E-state index is 2.51. The summed E-state index contributed by atoms with van der Waals surface area (Å²) in [6.07, 6.45) is 0. The molecule has 0 N–H and O–H groups in total. The van der Waals surface area contributed by atoms with Gasteiger partial charge in [-0.2, -0.15) is 0 Å². The van der Waals surface area contributed by atoms with E-state index in [-0.39, 0.29) is 5.41 Å². The molecule has 0 amide bonds. The van der Waals surface area contributed by atoms with Gasteiger partial charge in [0, 0.05) is 50.0 Å². The molecule has 11 rings (SSSR count). The van der Waals surface area contributed by atoms with Crippen LogP contribution in [0, 0.1) is 0 Å². The van der Waals surface area contributed by atoms with Crippen molar-refractivity contribution in [3.63, 3.8) is 0 Å². The van der Waals surface area contributed by atoms with Crippen LogP contribution >= 0.6 is 0 Å². The number of aromatic nitrogens is 1. The lowest BCUT2D eigenvalue weighted by Crippen LogP contribution is -2.26. The van der Waals surface area contributed by atoms with Crippen LogP contribution in [0.1, 0.15) is 25.0 Å². The monoisotopic (exact) mass is 743 g/mol. The van der Waals surface area contributed by atoms with Crippen molar-refractivity contribution in [1.29, 1.82) is 0 Å². The predicted octanol–water partition coefficient (Wildman–Crippen LogP) is 15.2. The fourth-order valence-corrected chi connectivity index (χ4v) is 9.32. The lowest BCUT2D eigenvalue weighted by Gasteiger charge is -2.36. The van der Waals surface area contributed by atoms with Crippen molar-refractivity contribution < 1.29 is 0 Å². The van der Waals surface area contributed by atoms with Gasteiger partial charge in [0.25, 0.3) is 0 Å². The summed E-state index contributed by atoms with van der Waals surface area (Å²) in [6, 6.07) is 77.2. The molecule has 0 fully saturated rings. The first-order valence-corrected chi connectivity index (χ1v) is 20.1. The van der Waals surface area contributed by atoms with Crippen molar-refractivity contribution in [2.45, 2.75) is 19.3 Å². The van der Waals surface area contributed by atoms with Crippen molar-refractivity contribution in [1.82, 2.24) is 4.57 Å². The SMILES string of the molecule is CC1(C)c2ccccc2-n2c3ccc(-c4ccc(N(c5ccccc5)c5cccc6ccccc56)cc4)cc3c3cc(N(c4ccccc4)c4ccccc4)cc1c32. The summed E-state index contributed by atoms with van der Waals surface area (Å²) in [4.78, 5) is 4.76. The Kier molecular flexibility index (Phi) is 7.84. The number of fused-ring (bicyclic) bond motifs is 6. The third kappa shape index (κ3) is 5.35. The lowest BCUT2D eigenvalue weighted by molar-refractivity contribution is 0.630. The highest BCUT2D eigenvalue weighted by atomic mass is 15.1. The molecule has 10 aromatic rings. The molecule has 0 saturated heterocycles. The van der Waals surface area contributed by atoms with E-state index in [4.69, 9.17) is 0 Å². The summed E-state index contributed by atoms with van der Waals surface area (Å²) in [5.41, 5.74) is 15.4. The molecule has 276 valence electrons. The van der Waals surface area contributed by atoms with E-state index in [1.807, 2.05) is 0 Å². The zero-order valence-corrected chi connectivity index (χ0v) is 32.5. The minimum atomic E-state index is -0.221. The van der Waals surface area contributed by atoms with Gasteiger partial charge >= 0.3 is 0 Å². The van der Waals surface area contributed by atoms with Gasteiger partial charge in [-0.3, -0.25) is 0 Å². The maximum Gasteiger partial charge on any atom is 0.0583 e. The second-order valence-electron chi connectivity index (χ2n) is 15.8. The van der Waals surface area contributed by atoms with Crippen LogP contribution in [0.3, 0.4) is 0 Å². The van der Waals surface area contributed by atoms with E-state index < -0.39 is 0 Å². The summed E-state index contributed by atoms with van der Waals surface area (Å²) < 4.78 is 2.51. The van der Waals surface area contributed by atoms with Gasteiger partial charge in [0.05, 0.1) is 22.4 Å². The molecule has 58 heavy (non-hydrogen) atoms. The molecule has 2 heterocycles. The molecule has 1 aliphatic rings. The molecule has 0 unspecified atom stereocenters. The Labute approximate surface area is 339 Å². The Morgan fingerprint density at radius 3 is 1.66 bits per heavy atom. The molecular formula is C55H41N3. The number of benzene rings is 9. The van der Waals surface area contributed by atoms with Crippen molar-refractivity contribution in [3.05, 3.63) is 223 Å². The van der Waals surface area contributed by atoms with E-state index >= 15 is 0 Å². The topological polar surface area (TPSA) is 11.4 Å². The van der Waals surface area contributed by atoms with Crippen LogP contribution in [0.25, 0.3) is 49.4 Å². The first-order valence-electron chi connectivity index (χ1n) is 20.1. The third-order valence-corrected chi connectivity index (χ3v) is 12.1. The molecule has 9 aromatic carbocycles. The second kappa shape index (κ2) is 13.4. The number of rotatable bonds is 7. The van der Waals surface area contributed by atoms with Gasteiger partial charge < -0.3 is 14.4 Å². The van der Waals surface area contributed by atoms with Crippen LogP contribution in [0.4, 0.5) is 34.1 Å². The Balaban J connectivity index is 1.10. The maximum absolute atomic E-state index is 2.51. The number of anilines is 6. The van der Waals surface area contributed by atoms with Crippen molar-refractivity contribution in [3.8, 4) is 16.8 Å². The lowest BCUT2D eigenvalue weighted by atomic mass is 9.74. The summed E-state index contributed by atoms with van der Waals surface area (Å²) in [6.45, 7) is 4.76. The number of para-hydroxylation sites is 4. The fraction of sp³-hybridized carbons (Fsp3) is 0.0545. The Morgan fingerprint density at radius 2 is 0.948 bits per heavy atom. The highest BCUT2D eigenvalue weighted by molar-refractivity contribution is 6.14. The average Bonchev–Trinajstić information content (AvgIpc) is 3.61. The molecule has 3 nitrogen and oxygen atoms in total. The van der Waals surface area contributed by atoms with Crippen LogP contribution in [-0.2, 0) is 5.41 Å². The van der Waals surface area contributed by atoms with E-state index in [1.165, 1.54) is 60.5 Å². The smallest absolute Gasteiger partial charge is 0.0583 e. The third-order valence-electron chi connectivity index (χ3n) is 12.1. The second-order valence-corrected chi connectivity index (χ2v) is 15.8. The van der Waals surface area contributed by atoms with Crippen LogP contribution < -0.4 is 9.80 Å². The van der Waals surface area contributed by atoms with Crippen molar-refractivity contribution in [2.75, 3.05) is 9.80 Å². The van der Waals surface area contributed by atoms with E-state index in [0.717, 1.165) is 34.1 Å². The van der Waals surface area contributed by atoms with E-state index in [1.54, 1.807) is 0 Å². The highest BCUT2D eigenvalue weighted by Gasteiger charge is 2.36. The van der Waals surface area contributed by atoms with Crippen LogP contribution in [0.5, 0.6) is 0 Å². The van der Waals surface area contributed by atoms with Crippen LogP contribution in [0.2, 0.25) is 0 Å². The normalized spacial score (nSPS) is 12.8. The van der Waals surface area contributed by atoms with Gasteiger partial charge in [-0.1, -0.05) is 141 Å². The van der Waals surface area contributed by atoms with Gasteiger partial charge in [0.15, 0.2) is 0 Å². The zero-order valence-electron chi connectivity index (χ0n) is 32.5. The van der Waals surface area contributed by atoms with E-state index in [0.29, 0.717) is 0 Å². The molecule has 0 atom stereocenters. The summed E-state index contributed by atoms with van der Waals surface area (Å²) in [5, 5.41) is 4.95. The number of hydrogen-bond donors (Lipinski definition) is 0. The Morgan fingerprint density at radius 1 is 0.379 bits per heavy atom. The first-order chi connectivity index (χ1) is 28.5. The minimum Gasteiger partial charge on any atom is -0.310 e. The minimum absolute atomic E-state index is 0.221. The van der Waals surface area contributed by atoms with Gasteiger partial charge in [-0.15, -0.1) is 0 Å². The molecule has 0 spiro atoms. The molecule has 0 bridgehead atoms. The van der Waals surface area contributed by atoms with Crippen LogP contribution in [-0.4, -0.2) is 4.57 Å². The predicted molar refractivity (Wildman–Crippen MR) is 245 cm³/mol.